The second kappa shape index (κ2) is 10.2. The molecular weight excluding hydrogens is 403 g/mol. The van der Waals surface area contributed by atoms with E-state index in [2.05, 4.69) is 5.32 Å². The number of likely N-dealkylation sites (tertiary alicyclic amines) is 1. The highest BCUT2D eigenvalue weighted by Crippen LogP contribution is 2.41. The lowest BCUT2D eigenvalue weighted by molar-refractivity contribution is -0.151. The largest absolute Gasteiger partial charge is 0.480 e. The van der Waals surface area contributed by atoms with Crippen molar-refractivity contribution in [2.75, 3.05) is 6.61 Å². The summed E-state index contributed by atoms with van der Waals surface area (Å²) in [5.41, 5.74) is 0.871. The number of aliphatic carboxylic acids is 1. The van der Waals surface area contributed by atoms with Gasteiger partial charge in [-0.2, -0.15) is 0 Å². The molecule has 31 heavy (non-hydrogen) atoms. The van der Waals surface area contributed by atoms with Gasteiger partial charge in [-0.25, -0.2) is 9.18 Å². The third kappa shape index (κ3) is 5.42. The summed E-state index contributed by atoms with van der Waals surface area (Å²) >= 11 is 0. The SMILES string of the molecule is CCOC(=O)C(CCc1ccc(F)cc1)NC(C)C(=O)N1C(C(=O)O)CC2CCCC21. The van der Waals surface area contributed by atoms with E-state index >= 15 is 0 Å². The molecule has 1 heterocycles. The standard InChI is InChI=1S/C23H31FN2O5/c1-3-31-23(30)18(12-9-15-7-10-17(24)11-8-15)25-14(2)21(27)26-19-6-4-5-16(19)13-20(26)22(28)29/h7-8,10-11,14,16,18-20,25H,3-6,9,12-13H2,1-2H3,(H,28,29). The van der Waals surface area contributed by atoms with E-state index in [9.17, 15) is 23.9 Å². The van der Waals surface area contributed by atoms with Crippen molar-refractivity contribution in [1.82, 2.24) is 10.2 Å². The molecule has 1 aliphatic carbocycles. The van der Waals surface area contributed by atoms with Gasteiger partial charge in [0, 0.05) is 6.04 Å². The van der Waals surface area contributed by atoms with Crippen LogP contribution in [-0.4, -0.2) is 58.6 Å². The average molecular weight is 435 g/mol. The summed E-state index contributed by atoms with van der Waals surface area (Å²) in [6, 6.07) is 3.74. The number of carboxylic acid groups (broad SMARTS) is 1. The number of carbonyl (C=O) groups excluding carboxylic acids is 2. The number of carboxylic acids is 1. The van der Waals surface area contributed by atoms with Crippen molar-refractivity contribution in [2.45, 2.75) is 76.5 Å². The van der Waals surface area contributed by atoms with Crippen LogP contribution in [-0.2, 0) is 25.5 Å². The fraction of sp³-hybridized carbons (Fsp3) is 0.609. The van der Waals surface area contributed by atoms with Gasteiger partial charge in [0.1, 0.15) is 17.9 Å². The molecule has 8 heteroatoms. The summed E-state index contributed by atoms with van der Waals surface area (Å²) < 4.78 is 18.3. The van der Waals surface area contributed by atoms with E-state index in [4.69, 9.17) is 4.74 Å². The van der Waals surface area contributed by atoms with E-state index in [-0.39, 0.29) is 30.3 Å². The number of rotatable bonds is 9. The number of carbonyl (C=O) groups is 3. The summed E-state index contributed by atoms with van der Waals surface area (Å²) in [5.74, 6) is -1.83. The molecule has 2 aliphatic rings. The second-order valence-electron chi connectivity index (χ2n) is 8.45. The van der Waals surface area contributed by atoms with Crippen LogP contribution < -0.4 is 5.32 Å². The summed E-state index contributed by atoms with van der Waals surface area (Å²) in [4.78, 5) is 39.0. The minimum atomic E-state index is -0.979. The number of aryl methyl sites for hydroxylation is 1. The molecule has 7 nitrogen and oxygen atoms in total. The monoisotopic (exact) mass is 434 g/mol. The number of fused-ring (bicyclic) bond motifs is 1. The Hall–Kier alpha value is -2.48. The summed E-state index contributed by atoms with van der Waals surface area (Å²) in [5, 5.41) is 12.7. The molecule has 1 aromatic rings. The molecule has 0 radical (unpaired) electrons. The molecule has 1 amide bonds. The predicted octanol–water partition coefficient (Wildman–Crippen LogP) is 2.52. The molecule has 0 spiro atoms. The number of halogens is 1. The topological polar surface area (TPSA) is 95.9 Å². The molecule has 1 saturated carbocycles. The molecule has 1 aliphatic heterocycles. The third-order valence-corrected chi connectivity index (χ3v) is 6.41. The van der Waals surface area contributed by atoms with Crippen LogP contribution in [0.15, 0.2) is 24.3 Å². The fourth-order valence-corrected chi connectivity index (χ4v) is 4.90. The van der Waals surface area contributed by atoms with E-state index in [0.29, 0.717) is 19.3 Å². The number of benzene rings is 1. The maximum Gasteiger partial charge on any atom is 0.326 e. The van der Waals surface area contributed by atoms with Crippen molar-refractivity contribution in [3.8, 4) is 0 Å². The van der Waals surface area contributed by atoms with Crippen molar-refractivity contribution in [3.63, 3.8) is 0 Å². The smallest absolute Gasteiger partial charge is 0.326 e. The van der Waals surface area contributed by atoms with Gasteiger partial charge in [0.2, 0.25) is 5.91 Å². The Labute approximate surface area is 181 Å². The van der Waals surface area contributed by atoms with Crippen molar-refractivity contribution < 1.29 is 28.6 Å². The normalized spacial score (nSPS) is 24.5. The van der Waals surface area contributed by atoms with Gasteiger partial charge in [0.05, 0.1) is 12.6 Å². The summed E-state index contributed by atoms with van der Waals surface area (Å²) in [6.45, 7) is 3.59. The van der Waals surface area contributed by atoms with E-state index in [0.717, 1.165) is 24.8 Å². The number of hydrogen-bond acceptors (Lipinski definition) is 5. The van der Waals surface area contributed by atoms with Gasteiger partial charge in [0.15, 0.2) is 0 Å². The van der Waals surface area contributed by atoms with E-state index < -0.39 is 30.1 Å². The molecule has 170 valence electrons. The predicted molar refractivity (Wildman–Crippen MR) is 112 cm³/mol. The van der Waals surface area contributed by atoms with E-state index in [1.165, 1.54) is 17.0 Å². The fourth-order valence-electron chi connectivity index (χ4n) is 4.90. The van der Waals surface area contributed by atoms with Crippen molar-refractivity contribution in [2.24, 2.45) is 5.92 Å². The van der Waals surface area contributed by atoms with E-state index in [1.807, 2.05) is 0 Å². The maximum atomic E-state index is 13.2. The number of amides is 1. The van der Waals surface area contributed by atoms with Crippen LogP contribution in [0.1, 0.15) is 51.5 Å². The van der Waals surface area contributed by atoms with Crippen molar-refractivity contribution in [1.29, 1.82) is 0 Å². The molecule has 5 atom stereocenters. The first-order valence-corrected chi connectivity index (χ1v) is 11.0. The Morgan fingerprint density at radius 3 is 2.61 bits per heavy atom. The number of esters is 1. The molecule has 2 N–H and O–H groups in total. The lowest BCUT2D eigenvalue weighted by atomic mass is 10.0. The van der Waals surface area contributed by atoms with Gasteiger partial charge in [-0.05, 0) is 69.6 Å². The lowest BCUT2D eigenvalue weighted by Crippen LogP contribution is -2.55. The Balaban J connectivity index is 1.68. The van der Waals surface area contributed by atoms with Gasteiger partial charge in [0.25, 0.3) is 0 Å². The second-order valence-corrected chi connectivity index (χ2v) is 8.45. The van der Waals surface area contributed by atoms with Gasteiger partial charge < -0.3 is 14.7 Å². The van der Waals surface area contributed by atoms with Crippen molar-refractivity contribution in [3.05, 3.63) is 35.6 Å². The third-order valence-electron chi connectivity index (χ3n) is 6.41. The molecule has 2 fully saturated rings. The highest BCUT2D eigenvalue weighted by atomic mass is 19.1. The highest BCUT2D eigenvalue weighted by molar-refractivity contribution is 5.88. The molecule has 0 bridgehead atoms. The van der Waals surface area contributed by atoms with Crippen LogP contribution in [0.3, 0.4) is 0 Å². The zero-order valence-corrected chi connectivity index (χ0v) is 18.1. The molecule has 5 unspecified atom stereocenters. The van der Waals surface area contributed by atoms with Crippen LogP contribution >= 0.6 is 0 Å². The highest BCUT2D eigenvalue weighted by Gasteiger charge is 2.49. The minimum absolute atomic E-state index is 0.0434. The first-order chi connectivity index (χ1) is 14.8. The van der Waals surface area contributed by atoms with Crippen LogP contribution in [0.5, 0.6) is 0 Å². The van der Waals surface area contributed by atoms with Gasteiger partial charge in [-0.15, -0.1) is 0 Å². The maximum absolute atomic E-state index is 13.2. The summed E-state index contributed by atoms with van der Waals surface area (Å²) in [6.07, 6.45) is 4.13. The number of ether oxygens (including phenoxy) is 1. The van der Waals surface area contributed by atoms with Crippen LogP contribution in [0.4, 0.5) is 4.39 Å². The Kier molecular flexibility index (Phi) is 7.64. The lowest BCUT2D eigenvalue weighted by Gasteiger charge is -2.31. The first kappa shape index (κ1) is 23.2. The summed E-state index contributed by atoms with van der Waals surface area (Å²) in [7, 11) is 0. The Morgan fingerprint density at radius 2 is 1.97 bits per heavy atom. The zero-order valence-electron chi connectivity index (χ0n) is 18.1. The molecule has 1 saturated heterocycles. The first-order valence-electron chi connectivity index (χ1n) is 11.0. The van der Waals surface area contributed by atoms with Gasteiger partial charge >= 0.3 is 11.9 Å². The van der Waals surface area contributed by atoms with Crippen LogP contribution in [0.25, 0.3) is 0 Å². The minimum Gasteiger partial charge on any atom is -0.480 e. The molecular formula is C23H31FN2O5. The Morgan fingerprint density at radius 1 is 1.26 bits per heavy atom. The number of hydrogen-bond donors (Lipinski definition) is 2. The zero-order chi connectivity index (χ0) is 22.5. The van der Waals surface area contributed by atoms with Gasteiger partial charge in [-0.1, -0.05) is 18.6 Å². The molecule has 3 rings (SSSR count). The Bertz CT molecular complexity index is 800. The van der Waals surface area contributed by atoms with Crippen LogP contribution in [0.2, 0.25) is 0 Å². The van der Waals surface area contributed by atoms with Gasteiger partial charge in [-0.3, -0.25) is 14.9 Å². The average Bonchev–Trinajstić information content (AvgIpc) is 3.33. The van der Waals surface area contributed by atoms with E-state index in [1.54, 1.807) is 26.0 Å². The molecule has 0 aromatic heterocycles. The van der Waals surface area contributed by atoms with Crippen molar-refractivity contribution >= 4 is 17.8 Å². The quantitative estimate of drug-likeness (QED) is 0.580. The molecule has 1 aromatic carbocycles. The number of nitrogens with one attached hydrogen (secondary N) is 1. The number of nitrogens with zero attached hydrogens (tertiary/aromatic N) is 1. The van der Waals surface area contributed by atoms with Crippen LogP contribution in [0, 0.1) is 11.7 Å².